The molecule has 25 heavy (non-hydrogen) atoms. The van der Waals surface area contributed by atoms with Gasteiger partial charge in [0.25, 0.3) is 0 Å². The van der Waals surface area contributed by atoms with E-state index in [1.165, 1.54) is 5.56 Å². The van der Waals surface area contributed by atoms with Gasteiger partial charge in [-0.05, 0) is 55.4 Å². The first kappa shape index (κ1) is 18.0. The minimum absolute atomic E-state index is 0.155. The van der Waals surface area contributed by atoms with Gasteiger partial charge in [0, 0.05) is 18.1 Å². The molecule has 0 spiro atoms. The van der Waals surface area contributed by atoms with Gasteiger partial charge >= 0.3 is 0 Å². The van der Waals surface area contributed by atoms with Crippen LogP contribution in [0.4, 0.5) is 0 Å². The minimum Gasteiger partial charge on any atom is -0.342 e. The minimum atomic E-state index is -0.537. The smallest absolute Gasteiger partial charge is 0.232 e. The topological polar surface area (TPSA) is 20.3 Å². The Morgan fingerprint density at radius 1 is 1.00 bits per heavy atom. The first-order valence-corrected chi connectivity index (χ1v) is 9.32. The molecule has 3 rings (SSSR count). The van der Waals surface area contributed by atoms with Crippen LogP contribution in [0.5, 0.6) is 0 Å². The average molecular weight is 356 g/mol. The third-order valence-corrected chi connectivity index (χ3v) is 5.98. The monoisotopic (exact) mass is 355 g/mol. The van der Waals surface area contributed by atoms with Crippen LogP contribution in [0.15, 0.2) is 54.6 Å². The number of rotatable bonds is 3. The van der Waals surface area contributed by atoms with E-state index >= 15 is 0 Å². The maximum atomic E-state index is 13.1. The molecule has 0 aliphatic carbocycles. The van der Waals surface area contributed by atoms with E-state index in [0.29, 0.717) is 5.02 Å². The maximum Gasteiger partial charge on any atom is 0.232 e. The number of carbonyl (C=O) groups is 1. The lowest BCUT2D eigenvalue weighted by Gasteiger charge is -2.42. The molecule has 0 unspecified atom stereocenters. The van der Waals surface area contributed by atoms with E-state index in [-0.39, 0.29) is 11.3 Å². The number of amides is 1. The largest absolute Gasteiger partial charge is 0.342 e. The number of hydrogen-bond donors (Lipinski definition) is 0. The van der Waals surface area contributed by atoms with Crippen molar-refractivity contribution in [3.8, 4) is 0 Å². The van der Waals surface area contributed by atoms with Gasteiger partial charge in [-0.2, -0.15) is 0 Å². The molecule has 2 aromatic carbocycles. The van der Waals surface area contributed by atoms with Crippen molar-refractivity contribution in [2.45, 2.75) is 44.4 Å². The fourth-order valence-electron chi connectivity index (χ4n) is 3.72. The van der Waals surface area contributed by atoms with Crippen LogP contribution in [-0.4, -0.2) is 23.9 Å². The average Bonchev–Trinajstić information content (AvgIpc) is 2.63. The molecule has 1 saturated heterocycles. The summed E-state index contributed by atoms with van der Waals surface area (Å²) in [5.41, 5.74) is 2.01. The van der Waals surface area contributed by atoms with E-state index in [0.717, 1.165) is 31.5 Å². The van der Waals surface area contributed by atoms with E-state index < -0.39 is 5.41 Å². The van der Waals surface area contributed by atoms with Gasteiger partial charge in [-0.1, -0.05) is 61.0 Å². The molecule has 1 fully saturated rings. The summed E-state index contributed by atoms with van der Waals surface area (Å²) in [5.74, 6) is 0.199. The molecule has 0 radical (unpaired) electrons. The van der Waals surface area contributed by atoms with Gasteiger partial charge in [-0.3, -0.25) is 4.79 Å². The first-order chi connectivity index (χ1) is 11.8. The second-order valence-electron chi connectivity index (χ2n) is 7.85. The lowest BCUT2D eigenvalue weighted by atomic mass is 9.74. The standard InChI is InChI=1S/C22H26ClNO/c1-21(2,17-9-11-19(23)12-10-17)20(25)24-15-13-22(3,14-16-24)18-7-5-4-6-8-18/h4-12H,13-16H2,1-3H3. The van der Waals surface area contributed by atoms with Crippen LogP contribution in [-0.2, 0) is 15.6 Å². The van der Waals surface area contributed by atoms with Crippen molar-refractivity contribution in [3.05, 3.63) is 70.7 Å². The van der Waals surface area contributed by atoms with E-state index in [4.69, 9.17) is 11.6 Å². The van der Waals surface area contributed by atoms with Crippen molar-refractivity contribution < 1.29 is 4.79 Å². The molecule has 3 heteroatoms. The van der Waals surface area contributed by atoms with Crippen molar-refractivity contribution in [1.29, 1.82) is 0 Å². The van der Waals surface area contributed by atoms with Gasteiger partial charge in [0.15, 0.2) is 0 Å². The van der Waals surface area contributed by atoms with Gasteiger partial charge in [0.1, 0.15) is 0 Å². The molecule has 1 aliphatic heterocycles. The molecule has 2 aromatic rings. The lowest BCUT2D eigenvalue weighted by Crippen LogP contribution is -2.49. The summed E-state index contributed by atoms with van der Waals surface area (Å²) in [7, 11) is 0. The number of nitrogens with zero attached hydrogens (tertiary/aromatic N) is 1. The molecule has 2 nitrogen and oxygen atoms in total. The van der Waals surface area contributed by atoms with Crippen LogP contribution in [0, 0.1) is 0 Å². The van der Waals surface area contributed by atoms with Crippen molar-refractivity contribution in [2.24, 2.45) is 0 Å². The molecular weight excluding hydrogens is 330 g/mol. The molecule has 0 aromatic heterocycles. The Kier molecular flexibility index (Phi) is 4.92. The molecule has 1 amide bonds. The fourth-order valence-corrected chi connectivity index (χ4v) is 3.84. The summed E-state index contributed by atoms with van der Waals surface area (Å²) >= 11 is 5.98. The molecule has 0 saturated carbocycles. The molecule has 0 N–H and O–H groups in total. The highest BCUT2D eigenvalue weighted by Gasteiger charge is 2.38. The van der Waals surface area contributed by atoms with Crippen LogP contribution in [0.1, 0.15) is 44.7 Å². The van der Waals surface area contributed by atoms with Crippen LogP contribution in [0.25, 0.3) is 0 Å². The van der Waals surface area contributed by atoms with Gasteiger partial charge in [0.05, 0.1) is 5.41 Å². The number of halogens is 1. The third-order valence-electron chi connectivity index (χ3n) is 5.73. The Morgan fingerprint density at radius 2 is 1.56 bits per heavy atom. The van der Waals surface area contributed by atoms with Crippen molar-refractivity contribution in [3.63, 3.8) is 0 Å². The summed E-state index contributed by atoms with van der Waals surface area (Å²) < 4.78 is 0. The second-order valence-corrected chi connectivity index (χ2v) is 8.29. The normalized spacial score (nSPS) is 17.4. The predicted octanol–water partition coefficient (Wildman–Crippen LogP) is 5.20. The van der Waals surface area contributed by atoms with E-state index in [1.54, 1.807) is 0 Å². The lowest BCUT2D eigenvalue weighted by molar-refractivity contribution is -0.137. The molecule has 1 heterocycles. The summed E-state index contributed by atoms with van der Waals surface area (Å²) in [5, 5.41) is 0.698. The first-order valence-electron chi connectivity index (χ1n) is 8.94. The van der Waals surface area contributed by atoms with Crippen molar-refractivity contribution >= 4 is 17.5 Å². The Morgan fingerprint density at radius 3 is 2.12 bits per heavy atom. The Balaban J connectivity index is 1.72. The van der Waals surface area contributed by atoms with Crippen LogP contribution in [0.3, 0.4) is 0 Å². The zero-order valence-corrected chi connectivity index (χ0v) is 16.0. The highest BCUT2D eigenvalue weighted by atomic mass is 35.5. The number of carbonyl (C=O) groups excluding carboxylic acids is 1. The van der Waals surface area contributed by atoms with Crippen LogP contribution in [0.2, 0.25) is 5.02 Å². The summed E-state index contributed by atoms with van der Waals surface area (Å²) in [6, 6.07) is 18.3. The van der Waals surface area contributed by atoms with Gasteiger partial charge < -0.3 is 4.90 Å². The Labute approximate surface area is 155 Å². The van der Waals surface area contributed by atoms with Crippen LogP contribution < -0.4 is 0 Å². The molecule has 132 valence electrons. The molecule has 1 aliphatic rings. The molecular formula is C22H26ClNO. The SMILES string of the molecule is CC1(c2ccccc2)CCN(C(=O)C(C)(C)c2ccc(Cl)cc2)CC1. The zero-order chi connectivity index (χ0) is 18.1. The summed E-state index contributed by atoms with van der Waals surface area (Å²) in [6.07, 6.45) is 2.00. The van der Waals surface area contributed by atoms with E-state index in [1.807, 2.05) is 43.0 Å². The maximum absolute atomic E-state index is 13.1. The Bertz CT molecular complexity index is 728. The highest BCUT2D eigenvalue weighted by Crippen LogP contribution is 2.36. The fraction of sp³-hybridized carbons (Fsp3) is 0.409. The van der Waals surface area contributed by atoms with Crippen molar-refractivity contribution in [2.75, 3.05) is 13.1 Å². The zero-order valence-electron chi connectivity index (χ0n) is 15.3. The predicted molar refractivity (Wildman–Crippen MR) is 104 cm³/mol. The summed E-state index contributed by atoms with van der Waals surface area (Å²) in [4.78, 5) is 15.2. The Hall–Kier alpha value is -1.80. The van der Waals surface area contributed by atoms with E-state index in [2.05, 4.69) is 37.3 Å². The number of hydrogen-bond acceptors (Lipinski definition) is 1. The van der Waals surface area contributed by atoms with E-state index in [9.17, 15) is 4.79 Å². The number of likely N-dealkylation sites (tertiary alicyclic amines) is 1. The number of benzene rings is 2. The second kappa shape index (κ2) is 6.84. The van der Waals surface area contributed by atoms with Gasteiger partial charge in [-0.25, -0.2) is 0 Å². The van der Waals surface area contributed by atoms with Crippen molar-refractivity contribution in [1.82, 2.24) is 4.90 Å². The van der Waals surface area contributed by atoms with Crippen LogP contribution >= 0.6 is 11.6 Å². The summed E-state index contributed by atoms with van der Waals surface area (Å²) in [6.45, 7) is 7.93. The quantitative estimate of drug-likeness (QED) is 0.741. The molecule has 0 bridgehead atoms. The van der Waals surface area contributed by atoms with Gasteiger partial charge in [-0.15, -0.1) is 0 Å². The number of piperidine rings is 1. The highest BCUT2D eigenvalue weighted by molar-refractivity contribution is 6.30. The third kappa shape index (κ3) is 3.59. The van der Waals surface area contributed by atoms with Gasteiger partial charge in [0.2, 0.25) is 5.91 Å². The molecule has 0 atom stereocenters.